The van der Waals surface area contributed by atoms with Crippen molar-refractivity contribution in [1.82, 2.24) is 20.0 Å². The van der Waals surface area contributed by atoms with E-state index in [1.807, 2.05) is 17.0 Å². The van der Waals surface area contributed by atoms with Crippen LogP contribution < -0.4 is 5.32 Å². The van der Waals surface area contributed by atoms with Crippen molar-refractivity contribution in [3.05, 3.63) is 59.3 Å². The Morgan fingerprint density at radius 3 is 2.68 bits per heavy atom. The number of rotatable bonds is 6. The molecule has 0 bridgehead atoms. The molecule has 7 heteroatoms. The summed E-state index contributed by atoms with van der Waals surface area (Å²) in [6, 6.07) is 14.6. The van der Waals surface area contributed by atoms with E-state index in [1.54, 1.807) is 0 Å². The van der Waals surface area contributed by atoms with Crippen LogP contribution in [-0.2, 0) is 29.1 Å². The van der Waals surface area contributed by atoms with E-state index in [0.29, 0.717) is 38.3 Å². The van der Waals surface area contributed by atoms with Gasteiger partial charge in [-0.25, -0.2) is 0 Å². The molecule has 3 aromatic rings. The molecule has 0 spiro atoms. The van der Waals surface area contributed by atoms with Crippen LogP contribution in [0.15, 0.2) is 42.5 Å². The highest BCUT2D eigenvalue weighted by Gasteiger charge is 2.29. The first-order valence-electron chi connectivity index (χ1n) is 11.0. The summed E-state index contributed by atoms with van der Waals surface area (Å²) in [6.45, 7) is 3.42. The smallest absolute Gasteiger partial charge is 0.236 e. The van der Waals surface area contributed by atoms with Gasteiger partial charge in [-0.3, -0.25) is 19.6 Å². The molecule has 1 fully saturated rings. The molecule has 0 radical (unpaired) electrons. The van der Waals surface area contributed by atoms with Crippen LogP contribution in [0.3, 0.4) is 0 Å². The van der Waals surface area contributed by atoms with Gasteiger partial charge in [0, 0.05) is 38.2 Å². The number of aromatic nitrogens is 2. The van der Waals surface area contributed by atoms with Crippen molar-refractivity contribution in [3.8, 4) is 0 Å². The SMILES string of the molecule is O=C(CCc1ccc2ccccc2c1)Nc1[nH]nc2c1CN(CC(=O)N1CCCC1)C2. The van der Waals surface area contributed by atoms with E-state index in [0.717, 1.165) is 42.8 Å². The van der Waals surface area contributed by atoms with Gasteiger partial charge >= 0.3 is 0 Å². The lowest BCUT2D eigenvalue weighted by Crippen LogP contribution is -2.36. The molecule has 2 aliphatic heterocycles. The summed E-state index contributed by atoms with van der Waals surface area (Å²) in [5, 5.41) is 12.7. The van der Waals surface area contributed by atoms with Crippen LogP contribution in [0, 0.1) is 0 Å². The molecule has 3 heterocycles. The molecule has 31 heavy (non-hydrogen) atoms. The summed E-state index contributed by atoms with van der Waals surface area (Å²) in [5.74, 6) is 0.813. The first kappa shape index (κ1) is 19.8. The van der Waals surface area contributed by atoms with Gasteiger partial charge in [-0.15, -0.1) is 0 Å². The van der Waals surface area contributed by atoms with E-state index in [1.165, 1.54) is 10.8 Å². The number of fused-ring (bicyclic) bond motifs is 2. The number of H-pyrrole nitrogens is 1. The van der Waals surface area contributed by atoms with Crippen LogP contribution >= 0.6 is 0 Å². The minimum Gasteiger partial charge on any atom is -0.342 e. The molecular weight excluding hydrogens is 390 g/mol. The molecule has 2 N–H and O–H groups in total. The van der Waals surface area contributed by atoms with Crippen LogP contribution in [0.1, 0.15) is 36.1 Å². The van der Waals surface area contributed by atoms with Crippen molar-refractivity contribution >= 4 is 28.4 Å². The van der Waals surface area contributed by atoms with Gasteiger partial charge in [0.15, 0.2) is 0 Å². The zero-order valence-electron chi connectivity index (χ0n) is 17.6. The Morgan fingerprint density at radius 1 is 1.03 bits per heavy atom. The third kappa shape index (κ3) is 4.32. The zero-order valence-corrected chi connectivity index (χ0v) is 17.6. The number of carbonyl (C=O) groups excluding carboxylic acids is 2. The van der Waals surface area contributed by atoms with Gasteiger partial charge in [0.05, 0.1) is 12.2 Å². The second-order valence-corrected chi connectivity index (χ2v) is 8.49. The number of aromatic amines is 1. The molecule has 0 aliphatic carbocycles. The van der Waals surface area contributed by atoms with E-state index >= 15 is 0 Å². The standard InChI is InChI=1S/C24H27N5O2/c30-22(10-8-17-7-9-18-5-1-2-6-19(18)13-17)25-24-20-14-28(15-21(20)26-27-24)16-23(31)29-11-3-4-12-29/h1-2,5-7,9,13H,3-4,8,10-12,14-16H2,(H2,25,26,27,30). The van der Waals surface area contributed by atoms with E-state index in [2.05, 4.69) is 50.7 Å². The number of hydrogen-bond acceptors (Lipinski definition) is 4. The van der Waals surface area contributed by atoms with Crippen molar-refractivity contribution < 1.29 is 9.59 Å². The molecule has 7 nitrogen and oxygen atoms in total. The fraction of sp³-hybridized carbons (Fsp3) is 0.375. The molecule has 0 atom stereocenters. The summed E-state index contributed by atoms with van der Waals surface area (Å²) in [4.78, 5) is 29.0. The van der Waals surface area contributed by atoms with Gasteiger partial charge in [0.1, 0.15) is 5.82 Å². The third-order valence-electron chi connectivity index (χ3n) is 6.24. The Bertz CT molecular complexity index is 1120. The fourth-order valence-corrected chi connectivity index (χ4v) is 4.52. The number of aryl methyl sites for hydroxylation is 1. The van der Waals surface area contributed by atoms with Crippen LogP contribution in [-0.4, -0.2) is 51.4 Å². The maximum Gasteiger partial charge on any atom is 0.236 e. The largest absolute Gasteiger partial charge is 0.342 e. The molecular formula is C24H27N5O2. The predicted molar refractivity (Wildman–Crippen MR) is 119 cm³/mol. The Balaban J connectivity index is 1.15. The predicted octanol–water partition coefficient (Wildman–Crippen LogP) is 3.07. The van der Waals surface area contributed by atoms with Gasteiger partial charge < -0.3 is 10.2 Å². The second-order valence-electron chi connectivity index (χ2n) is 8.49. The molecule has 5 rings (SSSR count). The normalized spacial score (nSPS) is 16.1. The first-order valence-corrected chi connectivity index (χ1v) is 11.0. The minimum absolute atomic E-state index is 0.0359. The number of nitrogens with zero attached hydrogens (tertiary/aromatic N) is 3. The summed E-state index contributed by atoms with van der Waals surface area (Å²) in [6.07, 6.45) is 3.29. The monoisotopic (exact) mass is 417 g/mol. The Morgan fingerprint density at radius 2 is 1.84 bits per heavy atom. The highest BCUT2D eigenvalue weighted by Crippen LogP contribution is 2.27. The molecule has 2 amide bonds. The molecule has 1 aromatic heterocycles. The maximum absolute atomic E-state index is 12.5. The maximum atomic E-state index is 12.5. The Labute approximate surface area is 181 Å². The Hall–Kier alpha value is -3.19. The number of nitrogens with one attached hydrogen (secondary N) is 2. The van der Waals surface area contributed by atoms with Crippen LogP contribution in [0.4, 0.5) is 5.82 Å². The van der Waals surface area contributed by atoms with Crippen molar-refractivity contribution in [1.29, 1.82) is 0 Å². The number of hydrogen-bond donors (Lipinski definition) is 2. The summed E-state index contributed by atoms with van der Waals surface area (Å²) in [5.41, 5.74) is 3.06. The van der Waals surface area contributed by atoms with E-state index in [9.17, 15) is 9.59 Å². The van der Waals surface area contributed by atoms with E-state index < -0.39 is 0 Å². The number of amides is 2. The average molecular weight is 418 g/mol. The average Bonchev–Trinajstić information content (AvgIpc) is 3.51. The van der Waals surface area contributed by atoms with Crippen molar-refractivity contribution in [2.75, 3.05) is 25.0 Å². The van der Waals surface area contributed by atoms with E-state index in [-0.39, 0.29) is 11.8 Å². The third-order valence-corrected chi connectivity index (χ3v) is 6.24. The number of carbonyl (C=O) groups is 2. The topological polar surface area (TPSA) is 81.3 Å². The van der Waals surface area contributed by atoms with Crippen LogP contribution in [0.5, 0.6) is 0 Å². The van der Waals surface area contributed by atoms with E-state index in [4.69, 9.17) is 0 Å². The molecule has 1 saturated heterocycles. The molecule has 2 aliphatic rings. The number of likely N-dealkylation sites (tertiary alicyclic amines) is 1. The molecule has 0 unspecified atom stereocenters. The Kier molecular flexibility index (Phi) is 5.42. The van der Waals surface area contributed by atoms with Gasteiger partial charge in [0.2, 0.25) is 11.8 Å². The lowest BCUT2D eigenvalue weighted by atomic mass is 10.0. The van der Waals surface area contributed by atoms with Crippen molar-refractivity contribution in [2.45, 2.75) is 38.8 Å². The first-order chi connectivity index (χ1) is 15.2. The van der Waals surface area contributed by atoms with Gasteiger partial charge in [-0.2, -0.15) is 5.10 Å². The minimum atomic E-state index is -0.0359. The zero-order chi connectivity index (χ0) is 21.2. The highest BCUT2D eigenvalue weighted by molar-refractivity contribution is 5.91. The van der Waals surface area contributed by atoms with Gasteiger partial charge in [0.25, 0.3) is 0 Å². The molecule has 160 valence electrons. The van der Waals surface area contributed by atoms with Gasteiger partial charge in [-0.1, -0.05) is 42.5 Å². The number of anilines is 1. The summed E-state index contributed by atoms with van der Waals surface area (Å²) in [7, 11) is 0. The van der Waals surface area contributed by atoms with Crippen LogP contribution in [0.2, 0.25) is 0 Å². The fourth-order valence-electron chi connectivity index (χ4n) is 4.52. The molecule has 0 saturated carbocycles. The summed E-state index contributed by atoms with van der Waals surface area (Å²) < 4.78 is 0. The quantitative estimate of drug-likeness (QED) is 0.646. The molecule has 2 aromatic carbocycles. The lowest BCUT2D eigenvalue weighted by Gasteiger charge is -2.20. The van der Waals surface area contributed by atoms with Gasteiger partial charge in [-0.05, 0) is 35.6 Å². The van der Waals surface area contributed by atoms with Crippen molar-refractivity contribution in [3.63, 3.8) is 0 Å². The second kappa shape index (κ2) is 8.51. The lowest BCUT2D eigenvalue weighted by molar-refractivity contribution is -0.131. The van der Waals surface area contributed by atoms with Crippen LogP contribution in [0.25, 0.3) is 10.8 Å². The number of benzene rings is 2. The summed E-state index contributed by atoms with van der Waals surface area (Å²) >= 11 is 0. The highest BCUT2D eigenvalue weighted by atomic mass is 16.2. The van der Waals surface area contributed by atoms with Crippen molar-refractivity contribution in [2.24, 2.45) is 0 Å².